The Kier molecular flexibility index (Phi) is 5.31. The summed E-state index contributed by atoms with van der Waals surface area (Å²) in [7, 11) is 1.92. The van der Waals surface area contributed by atoms with E-state index in [0.717, 1.165) is 25.6 Å². The molecule has 0 aromatic heterocycles. The van der Waals surface area contributed by atoms with E-state index in [-0.39, 0.29) is 11.4 Å². The Morgan fingerprint density at radius 1 is 1.29 bits per heavy atom. The predicted octanol–water partition coefficient (Wildman–Crippen LogP) is 2.08. The molecule has 21 heavy (non-hydrogen) atoms. The molecule has 0 aromatic carbocycles. The first kappa shape index (κ1) is 16.8. The molecule has 1 amide bonds. The van der Waals surface area contributed by atoms with Crippen molar-refractivity contribution < 1.29 is 4.79 Å². The summed E-state index contributed by atoms with van der Waals surface area (Å²) in [5.41, 5.74) is 5.66. The van der Waals surface area contributed by atoms with Crippen molar-refractivity contribution in [1.29, 1.82) is 0 Å². The zero-order chi connectivity index (χ0) is 15.6. The van der Waals surface area contributed by atoms with Crippen LogP contribution in [0, 0.1) is 11.8 Å². The summed E-state index contributed by atoms with van der Waals surface area (Å²) in [5.74, 6) is 1.61. The van der Waals surface area contributed by atoms with E-state index >= 15 is 0 Å². The first-order valence-electron chi connectivity index (χ1n) is 8.64. The summed E-state index contributed by atoms with van der Waals surface area (Å²) < 4.78 is 0. The van der Waals surface area contributed by atoms with Crippen LogP contribution in [0.15, 0.2) is 0 Å². The van der Waals surface area contributed by atoms with E-state index < -0.39 is 0 Å². The Hall–Kier alpha value is -0.610. The van der Waals surface area contributed by atoms with Crippen LogP contribution in [-0.4, -0.2) is 54.0 Å². The van der Waals surface area contributed by atoms with Crippen LogP contribution < -0.4 is 5.73 Å². The largest absolute Gasteiger partial charge is 0.343 e. The van der Waals surface area contributed by atoms with E-state index in [4.69, 9.17) is 5.73 Å². The molecule has 2 fully saturated rings. The normalized spacial score (nSPS) is 34.2. The third kappa shape index (κ3) is 3.26. The van der Waals surface area contributed by atoms with Gasteiger partial charge in [0.15, 0.2) is 0 Å². The Morgan fingerprint density at radius 3 is 2.62 bits per heavy atom. The van der Waals surface area contributed by atoms with Crippen molar-refractivity contribution in [3.05, 3.63) is 0 Å². The van der Waals surface area contributed by atoms with Gasteiger partial charge in [-0.1, -0.05) is 26.2 Å². The number of carbonyl (C=O) groups excluding carboxylic acids is 1. The average Bonchev–Trinajstić information content (AvgIpc) is 2.45. The van der Waals surface area contributed by atoms with Crippen LogP contribution in [0.1, 0.15) is 52.9 Å². The van der Waals surface area contributed by atoms with Crippen molar-refractivity contribution in [3.63, 3.8) is 0 Å². The van der Waals surface area contributed by atoms with Gasteiger partial charge in [0.05, 0.1) is 5.54 Å². The quantitative estimate of drug-likeness (QED) is 0.864. The maximum atomic E-state index is 12.6. The standard InChI is InChI=1S/C17H33N3O/c1-5-6-13-7-8-14(12-18)15(11-13)20-10-9-19(4)16(21)17(20,2)3/h13-15H,5-12,18H2,1-4H3. The number of amides is 1. The summed E-state index contributed by atoms with van der Waals surface area (Å²) in [6, 6.07) is 0.480. The van der Waals surface area contributed by atoms with Gasteiger partial charge in [0.1, 0.15) is 0 Å². The SMILES string of the molecule is CCCC1CCC(CN)C(N2CCN(C)C(=O)C2(C)C)C1. The fourth-order valence-corrected chi connectivity index (χ4v) is 4.43. The third-order valence-electron chi connectivity index (χ3n) is 5.73. The molecule has 0 spiro atoms. The molecule has 1 heterocycles. The fraction of sp³-hybridized carbons (Fsp3) is 0.941. The van der Waals surface area contributed by atoms with Crippen LogP contribution >= 0.6 is 0 Å². The molecule has 4 heteroatoms. The molecule has 0 bridgehead atoms. The van der Waals surface area contributed by atoms with Crippen LogP contribution in [0.4, 0.5) is 0 Å². The van der Waals surface area contributed by atoms with E-state index in [1.807, 2.05) is 11.9 Å². The lowest BCUT2D eigenvalue weighted by atomic mass is 9.74. The van der Waals surface area contributed by atoms with Gasteiger partial charge in [0.25, 0.3) is 0 Å². The Labute approximate surface area is 130 Å². The number of nitrogens with zero attached hydrogens (tertiary/aromatic N) is 2. The summed E-state index contributed by atoms with van der Waals surface area (Å²) in [6.07, 6.45) is 6.33. The van der Waals surface area contributed by atoms with Crippen molar-refractivity contribution in [2.24, 2.45) is 17.6 Å². The van der Waals surface area contributed by atoms with Gasteiger partial charge in [-0.2, -0.15) is 0 Å². The van der Waals surface area contributed by atoms with Crippen molar-refractivity contribution in [2.75, 3.05) is 26.7 Å². The molecule has 1 saturated carbocycles. The Morgan fingerprint density at radius 2 is 2.00 bits per heavy atom. The minimum Gasteiger partial charge on any atom is -0.343 e. The molecule has 1 aliphatic heterocycles. The van der Waals surface area contributed by atoms with E-state index in [1.54, 1.807) is 0 Å². The maximum absolute atomic E-state index is 12.6. The Bertz CT molecular complexity index is 369. The van der Waals surface area contributed by atoms with Gasteiger partial charge in [-0.05, 0) is 45.1 Å². The number of likely N-dealkylation sites (N-methyl/N-ethyl adjacent to an activating group) is 1. The minimum absolute atomic E-state index is 0.252. The second-order valence-electron chi connectivity index (χ2n) is 7.51. The number of carbonyl (C=O) groups is 1. The minimum atomic E-state index is -0.390. The van der Waals surface area contributed by atoms with Crippen molar-refractivity contribution in [2.45, 2.75) is 64.5 Å². The van der Waals surface area contributed by atoms with Gasteiger partial charge >= 0.3 is 0 Å². The van der Waals surface area contributed by atoms with Gasteiger partial charge in [-0.3, -0.25) is 9.69 Å². The molecule has 2 N–H and O–H groups in total. The zero-order valence-corrected chi connectivity index (χ0v) is 14.3. The molecule has 0 radical (unpaired) electrons. The topological polar surface area (TPSA) is 49.6 Å². The predicted molar refractivity (Wildman–Crippen MR) is 87.0 cm³/mol. The molecular formula is C17H33N3O. The monoisotopic (exact) mass is 295 g/mol. The molecule has 3 atom stereocenters. The molecule has 3 unspecified atom stereocenters. The average molecular weight is 295 g/mol. The highest BCUT2D eigenvalue weighted by molar-refractivity contribution is 5.86. The number of piperazine rings is 1. The lowest BCUT2D eigenvalue weighted by Crippen LogP contribution is -2.66. The number of hydrogen-bond donors (Lipinski definition) is 1. The second kappa shape index (κ2) is 6.66. The van der Waals surface area contributed by atoms with Gasteiger partial charge < -0.3 is 10.6 Å². The molecule has 0 aromatic rings. The van der Waals surface area contributed by atoms with Gasteiger partial charge in [0.2, 0.25) is 5.91 Å². The number of nitrogens with two attached hydrogens (primary N) is 1. The molecule has 1 aliphatic carbocycles. The van der Waals surface area contributed by atoms with Crippen molar-refractivity contribution in [3.8, 4) is 0 Å². The zero-order valence-electron chi connectivity index (χ0n) is 14.3. The summed E-state index contributed by atoms with van der Waals surface area (Å²) in [5, 5.41) is 0. The highest BCUT2D eigenvalue weighted by Gasteiger charge is 2.46. The smallest absolute Gasteiger partial charge is 0.242 e. The molecule has 2 rings (SSSR count). The third-order valence-corrected chi connectivity index (χ3v) is 5.73. The first-order valence-corrected chi connectivity index (χ1v) is 8.64. The maximum Gasteiger partial charge on any atom is 0.242 e. The lowest BCUT2D eigenvalue weighted by molar-refractivity contribution is -0.152. The van der Waals surface area contributed by atoms with Crippen LogP contribution in [0.25, 0.3) is 0 Å². The van der Waals surface area contributed by atoms with E-state index in [2.05, 4.69) is 25.7 Å². The van der Waals surface area contributed by atoms with Crippen LogP contribution in [0.2, 0.25) is 0 Å². The summed E-state index contributed by atoms with van der Waals surface area (Å²) >= 11 is 0. The van der Waals surface area contributed by atoms with Crippen LogP contribution in [0.3, 0.4) is 0 Å². The highest BCUT2D eigenvalue weighted by Crippen LogP contribution is 2.38. The lowest BCUT2D eigenvalue weighted by Gasteiger charge is -2.52. The molecule has 4 nitrogen and oxygen atoms in total. The second-order valence-corrected chi connectivity index (χ2v) is 7.51. The first-order chi connectivity index (χ1) is 9.91. The highest BCUT2D eigenvalue weighted by atomic mass is 16.2. The molecule has 2 aliphatic rings. The summed E-state index contributed by atoms with van der Waals surface area (Å²) in [4.78, 5) is 16.9. The van der Waals surface area contributed by atoms with Crippen molar-refractivity contribution in [1.82, 2.24) is 9.80 Å². The summed E-state index contributed by atoms with van der Waals surface area (Å²) in [6.45, 7) is 9.02. The Balaban J connectivity index is 2.17. The van der Waals surface area contributed by atoms with Gasteiger partial charge in [0, 0.05) is 26.2 Å². The van der Waals surface area contributed by atoms with Crippen molar-refractivity contribution >= 4 is 5.91 Å². The van der Waals surface area contributed by atoms with Gasteiger partial charge in [-0.25, -0.2) is 0 Å². The number of hydrogen-bond acceptors (Lipinski definition) is 3. The van der Waals surface area contributed by atoms with Crippen LogP contribution in [-0.2, 0) is 4.79 Å². The molecule has 122 valence electrons. The van der Waals surface area contributed by atoms with E-state index in [1.165, 1.54) is 32.1 Å². The van der Waals surface area contributed by atoms with Crippen LogP contribution in [0.5, 0.6) is 0 Å². The van der Waals surface area contributed by atoms with Gasteiger partial charge in [-0.15, -0.1) is 0 Å². The van der Waals surface area contributed by atoms with E-state index in [0.29, 0.717) is 12.0 Å². The molecule has 1 saturated heterocycles. The number of rotatable bonds is 4. The van der Waals surface area contributed by atoms with E-state index in [9.17, 15) is 4.79 Å². The fourth-order valence-electron chi connectivity index (χ4n) is 4.43. The molecular weight excluding hydrogens is 262 g/mol.